The highest BCUT2D eigenvalue weighted by Crippen LogP contribution is 2.47. The van der Waals surface area contributed by atoms with Crippen molar-refractivity contribution in [3.8, 4) is 0 Å². The first-order valence-electron chi connectivity index (χ1n) is 7.26. The molecule has 108 valence electrons. The molecule has 1 aromatic heterocycles. The molecule has 5 heteroatoms. The molecule has 2 aliphatic rings. The average Bonchev–Trinajstić information content (AvgIpc) is 3.01. The van der Waals surface area contributed by atoms with Gasteiger partial charge in [-0.3, -0.25) is 4.98 Å². The molecule has 0 unspecified atom stereocenters. The maximum absolute atomic E-state index is 6.15. The van der Waals surface area contributed by atoms with Gasteiger partial charge in [0.05, 0.1) is 17.4 Å². The van der Waals surface area contributed by atoms with Crippen molar-refractivity contribution in [1.82, 2.24) is 4.98 Å². The van der Waals surface area contributed by atoms with Crippen LogP contribution in [0.3, 0.4) is 0 Å². The summed E-state index contributed by atoms with van der Waals surface area (Å²) in [5.74, 6) is 0. The van der Waals surface area contributed by atoms with Crippen LogP contribution in [0.1, 0.15) is 53.2 Å². The number of hydrogen-bond acceptors (Lipinski definition) is 4. The Kier molecular flexibility index (Phi) is 2.77. The van der Waals surface area contributed by atoms with Gasteiger partial charge in [0.1, 0.15) is 0 Å². The molecular formula is C15H23BN2O2. The van der Waals surface area contributed by atoms with Crippen molar-refractivity contribution in [3.63, 3.8) is 0 Å². The van der Waals surface area contributed by atoms with Crippen LogP contribution in [0.4, 0.5) is 5.69 Å². The monoisotopic (exact) mass is 274 g/mol. The highest BCUT2D eigenvalue weighted by atomic mass is 16.7. The average molecular weight is 274 g/mol. The van der Waals surface area contributed by atoms with Gasteiger partial charge in [-0.15, -0.1) is 0 Å². The molecule has 0 radical (unpaired) electrons. The van der Waals surface area contributed by atoms with Crippen LogP contribution in [-0.4, -0.2) is 23.3 Å². The smallest absolute Gasteiger partial charge is 0.399 e. The van der Waals surface area contributed by atoms with Crippen LogP contribution in [0.5, 0.6) is 0 Å². The lowest BCUT2D eigenvalue weighted by atomic mass is 9.74. The molecule has 0 atom stereocenters. The molecule has 1 saturated carbocycles. The molecule has 1 saturated heterocycles. The molecule has 0 amide bonds. The summed E-state index contributed by atoms with van der Waals surface area (Å²) in [7, 11) is -0.386. The second-order valence-corrected chi connectivity index (χ2v) is 7.36. The molecule has 1 aliphatic heterocycles. The molecule has 0 bridgehead atoms. The standard InChI is InChI=1S/C15H23BN2O2/c1-13(2)14(3,4)20-16(19-13)11-8-10(17)9-18-12(11)15(5)6-7-15/h8-9H,6-7,17H2,1-5H3. The van der Waals surface area contributed by atoms with Crippen LogP contribution in [0.2, 0.25) is 0 Å². The molecular weight excluding hydrogens is 251 g/mol. The van der Waals surface area contributed by atoms with Gasteiger partial charge in [-0.05, 0) is 46.6 Å². The third kappa shape index (κ3) is 2.04. The summed E-state index contributed by atoms with van der Waals surface area (Å²) in [6.45, 7) is 10.5. The molecule has 2 heterocycles. The van der Waals surface area contributed by atoms with Crippen molar-refractivity contribution >= 4 is 18.3 Å². The fourth-order valence-corrected chi connectivity index (χ4v) is 2.58. The molecule has 4 nitrogen and oxygen atoms in total. The lowest BCUT2D eigenvalue weighted by Gasteiger charge is -2.32. The van der Waals surface area contributed by atoms with Crippen molar-refractivity contribution in [2.45, 2.75) is 64.1 Å². The van der Waals surface area contributed by atoms with Gasteiger partial charge < -0.3 is 15.0 Å². The molecule has 0 spiro atoms. The van der Waals surface area contributed by atoms with Crippen LogP contribution in [-0.2, 0) is 14.7 Å². The van der Waals surface area contributed by atoms with Gasteiger partial charge in [0, 0.05) is 22.3 Å². The van der Waals surface area contributed by atoms with Gasteiger partial charge in [-0.2, -0.15) is 0 Å². The third-order valence-electron chi connectivity index (χ3n) is 5.02. The summed E-state index contributed by atoms with van der Waals surface area (Å²) in [4.78, 5) is 4.57. The first-order valence-corrected chi connectivity index (χ1v) is 7.26. The van der Waals surface area contributed by atoms with Crippen LogP contribution in [0.25, 0.3) is 0 Å². The molecule has 2 N–H and O–H groups in total. The SMILES string of the molecule is CC1(c2ncc(N)cc2B2OC(C)(C)C(C)(C)O2)CC1. The molecule has 2 fully saturated rings. The van der Waals surface area contributed by atoms with Gasteiger partial charge in [0.15, 0.2) is 0 Å². The Morgan fingerprint density at radius 3 is 2.15 bits per heavy atom. The van der Waals surface area contributed by atoms with Gasteiger partial charge in [0.2, 0.25) is 0 Å². The van der Waals surface area contributed by atoms with E-state index in [0.717, 1.165) is 24.0 Å². The number of nitrogens with two attached hydrogens (primary N) is 1. The maximum Gasteiger partial charge on any atom is 0.496 e. The van der Waals surface area contributed by atoms with E-state index < -0.39 is 0 Å². The third-order valence-corrected chi connectivity index (χ3v) is 5.02. The topological polar surface area (TPSA) is 57.4 Å². The van der Waals surface area contributed by atoms with E-state index in [1.54, 1.807) is 6.20 Å². The minimum atomic E-state index is -0.386. The van der Waals surface area contributed by atoms with Crippen LogP contribution < -0.4 is 11.2 Å². The first-order chi connectivity index (χ1) is 9.15. The van der Waals surface area contributed by atoms with Gasteiger partial charge in [-0.1, -0.05) is 6.92 Å². The lowest BCUT2D eigenvalue weighted by Crippen LogP contribution is -2.41. The zero-order valence-corrected chi connectivity index (χ0v) is 13.0. The quantitative estimate of drug-likeness (QED) is 0.838. The summed E-state index contributed by atoms with van der Waals surface area (Å²) in [6, 6.07) is 1.95. The first kappa shape index (κ1) is 13.9. The largest absolute Gasteiger partial charge is 0.496 e. The summed E-state index contributed by atoms with van der Waals surface area (Å²) in [5.41, 5.74) is 8.11. The Morgan fingerprint density at radius 1 is 1.10 bits per heavy atom. The predicted molar refractivity (Wildman–Crippen MR) is 81.0 cm³/mol. The summed E-state index contributed by atoms with van der Waals surface area (Å²) in [6.07, 6.45) is 4.06. The van der Waals surface area contributed by atoms with Crippen molar-refractivity contribution in [2.24, 2.45) is 0 Å². The molecule has 1 aromatic rings. The van der Waals surface area contributed by atoms with Crippen molar-refractivity contribution in [2.75, 3.05) is 5.73 Å². The number of rotatable bonds is 2. The summed E-state index contributed by atoms with van der Waals surface area (Å²) >= 11 is 0. The summed E-state index contributed by atoms with van der Waals surface area (Å²) in [5, 5.41) is 0. The van der Waals surface area contributed by atoms with Crippen molar-refractivity contribution in [1.29, 1.82) is 0 Å². The molecule has 1 aliphatic carbocycles. The Balaban J connectivity index is 2.01. The van der Waals surface area contributed by atoms with Crippen LogP contribution in [0.15, 0.2) is 12.3 Å². The van der Waals surface area contributed by atoms with E-state index in [9.17, 15) is 0 Å². The fraction of sp³-hybridized carbons (Fsp3) is 0.667. The van der Waals surface area contributed by atoms with Gasteiger partial charge in [0.25, 0.3) is 0 Å². The zero-order valence-electron chi connectivity index (χ0n) is 13.0. The molecule has 0 aromatic carbocycles. The van der Waals surface area contributed by atoms with E-state index in [1.807, 2.05) is 6.07 Å². The van der Waals surface area contributed by atoms with Crippen molar-refractivity contribution in [3.05, 3.63) is 18.0 Å². The molecule has 20 heavy (non-hydrogen) atoms. The number of nitrogen functional groups attached to an aromatic ring is 1. The number of pyridine rings is 1. The minimum absolute atomic E-state index is 0.159. The van der Waals surface area contributed by atoms with Crippen LogP contribution >= 0.6 is 0 Å². The zero-order chi connectivity index (χ0) is 14.8. The lowest BCUT2D eigenvalue weighted by molar-refractivity contribution is 0.00578. The van der Waals surface area contributed by atoms with E-state index in [4.69, 9.17) is 15.0 Å². The number of nitrogens with zero attached hydrogens (tertiary/aromatic N) is 1. The number of aromatic nitrogens is 1. The van der Waals surface area contributed by atoms with E-state index in [2.05, 4.69) is 39.6 Å². The normalized spacial score (nSPS) is 25.8. The van der Waals surface area contributed by atoms with E-state index in [1.165, 1.54) is 0 Å². The Hall–Kier alpha value is -1.07. The Labute approximate surface area is 121 Å². The second-order valence-electron chi connectivity index (χ2n) is 7.36. The van der Waals surface area contributed by atoms with E-state index in [0.29, 0.717) is 5.69 Å². The summed E-state index contributed by atoms with van der Waals surface area (Å²) < 4.78 is 12.3. The van der Waals surface area contributed by atoms with Gasteiger partial charge >= 0.3 is 7.12 Å². The second kappa shape index (κ2) is 3.98. The highest BCUT2D eigenvalue weighted by Gasteiger charge is 2.54. The highest BCUT2D eigenvalue weighted by molar-refractivity contribution is 6.62. The minimum Gasteiger partial charge on any atom is -0.399 e. The Morgan fingerprint density at radius 2 is 1.65 bits per heavy atom. The molecule has 3 rings (SSSR count). The van der Waals surface area contributed by atoms with E-state index >= 15 is 0 Å². The maximum atomic E-state index is 6.15. The van der Waals surface area contributed by atoms with E-state index in [-0.39, 0.29) is 23.7 Å². The van der Waals surface area contributed by atoms with Crippen molar-refractivity contribution < 1.29 is 9.31 Å². The fourth-order valence-electron chi connectivity index (χ4n) is 2.58. The Bertz CT molecular complexity index is 537. The number of hydrogen-bond donors (Lipinski definition) is 1. The predicted octanol–water partition coefficient (Wildman–Crippen LogP) is 2.01. The number of anilines is 1. The van der Waals surface area contributed by atoms with Gasteiger partial charge in [-0.25, -0.2) is 0 Å². The van der Waals surface area contributed by atoms with Crippen LogP contribution in [0, 0.1) is 0 Å².